The Morgan fingerprint density at radius 1 is 1.34 bits per heavy atom. The van der Waals surface area contributed by atoms with Crippen LogP contribution in [-0.2, 0) is 6.42 Å². The number of hydrogen-bond donors (Lipinski definition) is 2. The zero-order valence-electron chi connectivity index (χ0n) is 17.1. The molecule has 0 fully saturated rings. The molecule has 0 saturated carbocycles. The number of aliphatic hydroxyl groups excluding tert-OH is 1. The molecule has 2 aromatic rings. The van der Waals surface area contributed by atoms with E-state index in [1.807, 2.05) is 45.0 Å². The first-order valence-corrected chi connectivity index (χ1v) is 10.6. The summed E-state index contributed by atoms with van der Waals surface area (Å²) in [5, 5.41) is 9.34. The molecule has 1 aromatic carbocycles. The average Bonchev–Trinajstić information content (AvgIpc) is 2.68. The Morgan fingerprint density at radius 2 is 2.07 bits per heavy atom. The molecule has 0 unspecified atom stereocenters. The van der Waals surface area contributed by atoms with Crippen molar-refractivity contribution in [3.63, 3.8) is 0 Å². The van der Waals surface area contributed by atoms with Gasteiger partial charge in [0, 0.05) is 23.5 Å². The van der Waals surface area contributed by atoms with Crippen LogP contribution in [0.1, 0.15) is 55.5 Å². The summed E-state index contributed by atoms with van der Waals surface area (Å²) in [6.45, 7) is 6.01. The molecule has 0 aliphatic rings. The molecule has 0 bridgehead atoms. The zero-order valence-corrected chi connectivity index (χ0v) is 18.7. The Morgan fingerprint density at radius 3 is 2.69 bits per heavy atom. The van der Waals surface area contributed by atoms with Crippen molar-refractivity contribution in [1.29, 1.82) is 0 Å². The maximum atomic E-state index is 13.2. The van der Waals surface area contributed by atoms with E-state index in [2.05, 4.69) is 25.9 Å². The summed E-state index contributed by atoms with van der Waals surface area (Å²) in [7, 11) is 0. The molecule has 8 heteroatoms. The van der Waals surface area contributed by atoms with Crippen molar-refractivity contribution < 1.29 is 14.6 Å². The van der Waals surface area contributed by atoms with Crippen LogP contribution in [0.25, 0.3) is 0 Å². The van der Waals surface area contributed by atoms with Gasteiger partial charge in [0.05, 0.1) is 13.2 Å². The van der Waals surface area contributed by atoms with E-state index in [1.54, 1.807) is 0 Å². The van der Waals surface area contributed by atoms with E-state index in [0.29, 0.717) is 18.9 Å². The standard InChI is InChI=1S/C21H28BrN3O4/c1-4-5-12-29-19-18(21(28)25(10-11-26)14(2)3)23-17(24-20(19)27)13-15-8-6-7-9-16(15)22/h6-9,14,26H,4-5,10-13H2,1-3H3,(H,23,24,27). The second-order valence-electron chi connectivity index (χ2n) is 6.98. The number of nitrogens with zero attached hydrogens (tertiary/aromatic N) is 2. The van der Waals surface area contributed by atoms with Crippen molar-refractivity contribution >= 4 is 21.8 Å². The molecule has 0 radical (unpaired) electrons. The fourth-order valence-electron chi connectivity index (χ4n) is 2.85. The van der Waals surface area contributed by atoms with Crippen molar-refractivity contribution in [2.24, 2.45) is 0 Å². The van der Waals surface area contributed by atoms with Gasteiger partial charge in [-0.25, -0.2) is 4.98 Å². The Kier molecular flexibility index (Phi) is 8.85. The number of aromatic nitrogens is 2. The maximum absolute atomic E-state index is 13.2. The van der Waals surface area contributed by atoms with E-state index in [1.165, 1.54) is 4.90 Å². The summed E-state index contributed by atoms with van der Waals surface area (Å²) in [5.74, 6) is -0.122. The molecule has 0 spiro atoms. The molecule has 29 heavy (non-hydrogen) atoms. The van der Waals surface area contributed by atoms with Crippen LogP contribution in [-0.4, -0.2) is 51.7 Å². The molecule has 2 N–H and O–H groups in total. The van der Waals surface area contributed by atoms with Gasteiger partial charge in [-0.3, -0.25) is 9.59 Å². The van der Waals surface area contributed by atoms with E-state index < -0.39 is 11.5 Å². The van der Waals surface area contributed by atoms with E-state index in [0.717, 1.165) is 22.9 Å². The zero-order chi connectivity index (χ0) is 21.4. The van der Waals surface area contributed by atoms with Crippen molar-refractivity contribution in [1.82, 2.24) is 14.9 Å². The second kappa shape index (κ2) is 11.1. The highest BCUT2D eigenvalue weighted by molar-refractivity contribution is 9.10. The summed E-state index contributed by atoms with van der Waals surface area (Å²) in [6.07, 6.45) is 2.02. The lowest BCUT2D eigenvalue weighted by molar-refractivity contribution is 0.0653. The van der Waals surface area contributed by atoms with Gasteiger partial charge in [0.15, 0.2) is 5.69 Å². The first-order chi connectivity index (χ1) is 13.9. The number of carbonyl (C=O) groups excluding carboxylic acids is 1. The minimum Gasteiger partial charge on any atom is -0.486 e. The average molecular weight is 466 g/mol. The number of ether oxygens (including phenoxy) is 1. The minimum absolute atomic E-state index is 0.0194. The summed E-state index contributed by atoms with van der Waals surface area (Å²) in [6, 6.07) is 7.46. The molecular formula is C21H28BrN3O4. The van der Waals surface area contributed by atoms with E-state index >= 15 is 0 Å². The number of aromatic amines is 1. The van der Waals surface area contributed by atoms with Gasteiger partial charge in [0.1, 0.15) is 5.82 Å². The molecule has 7 nitrogen and oxygen atoms in total. The number of aliphatic hydroxyl groups is 1. The molecule has 0 saturated heterocycles. The maximum Gasteiger partial charge on any atom is 0.294 e. The van der Waals surface area contributed by atoms with Crippen molar-refractivity contribution in [2.75, 3.05) is 19.8 Å². The third-order valence-electron chi connectivity index (χ3n) is 4.41. The molecular weight excluding hydrogens is 438 g/mol. The van der Waals surface area contributed by atoms with Crippen LogP contribution in [0.3, 0.4) is 0 Å². The quantitative estimate of drug-likeness (QED) is 0.525. The lowest BCUT2D eigenvalue weighted by Crippen LogP contribution is -2.40. The SMILES string of the molecule is CCCCOc1c(C(=O)N(CCO)C(C)C)nc(Cc2ccccc2Br)[nH]c1=O. The molecule has 0 aliphatic carbocycles. The van der Waals surface area contributed by atoms with E-state index in [-0.39, 0.29) is 30.6 Å². The Balaban J connectivity index is 2.48. The van der Waals surface area contributed by atoms with Gasteiger partial charge < -0.3 is 19.7 Å². The number of halogens is 1. The van der Waals surface area contributed by atoms with Gasteiger partial charge in [-0.15, -0.1) is 0 Å². The Hall–Kier alpha value is -2.19. The van der Waals surface area contributed by atoms with Crippen LogP contribution < -0.4 is 10.3 Å². The van der Waals surface area contributed by atoms with E-state index in [4.69, 9.17) is 4.74 Å². The third kappa shape index (κ3) is 6.14. The van der Waals surface area contributed by atoms with Crippen LogP contribution in [0.2, 0.25) is 0 Å². The van der Waals surface area contributed by atoms with Crippen molar-refractivity contribution in [3.8, 4) is 5.75 Å². The monoisotopic (exact) mass is 465 g/mol. The smallest absolute Gasteiger partial charge is 0.294 e. The van der Waals surface area contributed by atoms with E-state index in [9.17, 15) is 14.7 Å². The van der Waals surface area contributed by atoms with Gasteiger partial charge >= 0.3 is 0 Å². The number of unbranched alkanes of at least 4 members (excludes halogenated alkanes) is 1. The largest absolute Gasteiger partial charge is 0.486 e. The molecule has 1 aromatic heterocycles. The highest BCUT2D eigenvalue weighted by Crippen LogP contribution is 2.20. The minimum atomic E-state index is -0.478. The van der Waals surface area contributed by atoms with Gasteiger partial charge in [-0.1, -0.05) is 47.5 Å². The molecule has 158 valence electrons. The van der Waals surface area contributed by atoms with Gasteiger partial charge in [-0.05, 0) is 31.9 Å². The number of benzene rings is 1. The summed E-state index contributed by atoms with van der Waals surface area (Å²) >= 11 is 3.49. The van der Waals surface area contributed by atoms with Crippen molar-refractivity contribution in [3.05, 3.63) is 56.2 Å². The highest BCUT2D eigenvalue weighted by Gasteiger charge is 2.26. The lowest BCUT2D eigenvalue weighted by Gasteiger charge is -2.26. The molecule has 1 amide bonds. The first-order valence-electron chi connectivity index (χ1n) is 9.80. The molecule has 0 atom stereocenters. The number of amides is 1. The normalized spacial score (nSPS) is 11.0. The van der Waals surface area contributed by atoms with Crippen LogP contribution in [0, 0.1) is 0 Å². The van der Waals surface area contributed by atoms with Crippen LogP contribution in [0.4, 0.5) is 0 Å². The number of rotatable bonds is 10. The fraction of sp³-hybridized carbons (Fsp3) is 0.476. The first kappa shape index (κ1) is 23.1. The van der Waals surface area contributed by atoms with Crippen LogP contribution >= 0.6 is 15.9 Å². The predicted octanol–water partition coefficient (Wildman–Crippen LogP) is 3.15. The van der Waals surface area contributed by atoms with Gasteiger partial charge in [0.25, 0.3) is 11.5 Å². The lowest BCUT2D eigenvalue weighted by atomic mass is 10.1. The molecule has 1 heterocycles. The second-order valence-corrected chi connectivity index (χ2v) is 7.83. The number of H-pyrrole nitrogens is 1. The Bertz CT molecular complexity index is 882. The summed E-state index contributed by atoms with van der Waals surface area (Å²) in [4.78, 5) is 34.6. The summed E-state index contributed by atoms with van der Waals surface area (Å²) in [5.41, 5.74) is 0.438. The van der Waals surface area contributed by atoms with Crippen LogP contribution in [0.5, 0.6) is 5.75 Å². The summed E-state index contributed by atoms with van der Waals surface area (Å²) < 4.78 is 6.53. The predicted molar refractivity (Wildman–Crippen MR) is 115 cm³/mol. The third-order valence-corrected chi connectivity index (χ3v) is 5.19. The van der Waals surface area contributed by atoms with Crippen molar-refractivity contribution in [2.45, 2.75) is 46.1 Å². The topological polar surface area (TPSA) is 95.5 Å². The van der Waals surface area contributed by atoms with Gasteiger partial charge in [-0.2, -0.15) is 0 Å². The highest BCUT2D eigenvalue weighted by atomic mass is 79.9. The Labute approximate surface area is 179 Å². The van der Waals surface area contributed by atoms with Gasteiger partial charge in [0.2, 0.25) is 5.75 Å². The van der Waals surface area contributed by atoms with Crippen LogP contribution in [0.15, 0.2) is 33.5 Å². The number of hydrogen-bond acceptors (Lipinski definition) is 5. The molecule has 2 rings (SSSR count). The molecule has 0 aliphatic heterocycles. The number of carbonyl (C=O) groups is 1. The fourth-order valence-corrected chi connectivity index (χ4v) is 3.28. The number of nitrogens with one attached hydrogen (secondary N) is 1.